The van der Waals surface area contributed by atoms with Gasteiger partial charge in [-0.05, 0) is 6.92 Å². The predicted molar refractivity (Wildman–Crippen MR) is 62.1 cm³/mol. The third-order valence-electron chi connectivity index (χ3n) is 2.42. The maximum Gasteiger partial charge on any atom is 0.260 e. The highest BCUT2D eigenvalue weighted by molar-refractivity contribution is 7.89. The van der Waals surface area contributed by atoms with E-state index in [4.69, 9.17) is 0 Å². The second-order valence-corrected chi connectivity index (χ2v) is 5.54. The molecule has 0 amide bonds. The fourth-order valence-electron chi connectivity index (χ4n) is 1.64. The molecule has 1 aliphatic heterocycles. The van der Waals surface area contributed by atoms with E-state index in [1.165, 1.54) is 16.8 Å². The Balaban J connectivity index is 0.00000128. The molecule has 16 heavy (non-hydrogen) atoms. The van der Waals surface area contributed by atoms with Crippen molar-refractivity contribution in [3.8, 4) is 0 Å². The molecule has 1 saturated heterocycles. The number of nitrogens with zero attached hydrogens (tertiary/aromatic N) is 2. The normalized spacial score (nSPS) is 22.7. The molecule has 1 aromatic rings. The lowest BCUT2D eigenvalue weighted by Crippen LogP contribution is -2.51. The molecule has 2 rings (SSSR count). The Morgan fingerprint density at radius 2 is 2.31 bits per heavy atom. The number of hydrogen-bond donors (Lipinski definition) is 2. The number of H-pyrrole nitrogens is 1. The van der Waals surface area contributed by atoms with Crippen molar-refractivity contribution >= 4 is 22.4 Å². The molecule has 0 spiro atoms. The van der Waals surface area contributed by atoms with Gasteiger partial charge in [-0.1, -0.05) is 0 Å². The van der Waals surface area contributed by atoms with E-state index in [-0.39, 0.29) is 23.5 Å². The molecule has 0 aliphatic carbocycles. The Bertz CT molecular complexity index is 419. The van der Waals surface area contributed by atoms with Crippen molar-refractivity contribution in [2.24, 2.45) is 0 Å². The minimum absolute atomic E-state index is 0. The van der Waals surface area contributed by atoms with Gasteiger partial charge in [-0.2, -0.15) is 4.31 Å². The summed E-state index contributed by atoms with van der Waals surface area (Å²) >= 11 is 0. The predicted octanol–water partition coefficient (Wildman–Crippen LogP) is -0.186. The first-order valence-electron chi connectivity index (χ1n) is 4.82. The van der Waals surface area contributed by atoms with Crippen molar-refractivity contribution in [1.82, 2.24) is 19.6 Å². The maximum atomic E-state index is 12.0. The number of rotatable bonds is 2. The third kappa shape index (κ3) is 2.54. The van der Waals surface area contributed by atoms with Gasteiger partial charge in [0.15, 0.2) is 5.03 Å². The summed E-state index contributed by atoms with van der Waals surface area (Å²) < 4.78 is 25.5. The summed E-state index contributed by atoms with van der Waals surface area (Å²) in [6, 6.07) is 0.191. The van der Waals surface area contributed by atoms with Crippen LogP contribution in [-0.4, -0.2) is 48.4 Å². The first-order chi connectivity index (χ1) is 7.10. The average molecular weight is 267 g/mol. The van der Waals surface area contributed by atoms with Crippen LogP contribution in [0, 0.1) is 0 Å². The quantitative estimate of drug-likeness (QED) is 0.778. The lowest BCUT2D eigenvalue weighted by Gasteiger charge is -2.30. The van der Waals surface area contributed by atoms with Crippen molar-refractivity contribution in [2.75, 3.05) is 19.6 Å². The Hall–Kier alpha value is -0.630. The Morgan fingerprint density at radius 1 is 1.56 bits per heavy atom. The van der Waals surface area contributed by atoms with E-state index in [1.807, 2.05) is 6.92 Å². The number of hydrogen-bond acceptors (Lipinski definition) is 4. The molecule has 1 aromatic heterocycles. The smallest absolute Gasteiger partial charge is 0.260 e. The Labute approximate surface area is 101 Å². The van der Waals surface area contributed by atoms with Gasteiger partial charge in [-0.3, -0.25) is 0 Å². The number of aromatic amines is 1. The molecule has 1 aliphatic rings. The van der Waals surface area contributed by atoms with Gasteiger partial charge in [0.25, 0.3) is 10.0 Å². The standard InChI is InChI=1S/C8H14N4O2S.ClH/c1-7-5-12(3-2-10-7)15(13,14)8-4-9-6-11-8;/h4,6-7,10H,2-3,5H2,1H3,(H,9,11);1H. The van der Waals surface area contributed by atoms with Crippen LogP contribution in [0.25, 0.3) is 0 Å². The van der Waals surface area contributed by atoms with Crippen LogP contribution in [0.3, 0.4) is 0 Å². The van der Waals surface area contributed by atoms with Gasteiger partial charge in [-0.15, -0.1) is 12.4 Å². The summed E-state index contributed by atoms with van der Waals surface area (Å²) in [5.74, 6) is 0. The molecule has 0 saturated carbocycles. The highest BCUT2D eigenvalue weighted by Gasteiger charge is 2.29. The van der Waals surface area contributed by atoms with E-state index in [2.05, 4.69) is 15.3 Å². The van der Waals surface area contributed by atoms with Crippen LogP contribution in [0.4, 0.5) is 0 Å². The lowest BCUT2D eigenvalue weighted by molar-refractivity contribution is 0.309. The van der Waals surface area contributed by atoms with Gasteiger partial charge >= 0.3 is 0 Å². The van der Waals surface area contributed by atoms with Crippen molar-refractivity contribution in [3.63, 3.8) is 0 Å². The minimum atomic E-state index is -3.38. The fourth-order valence-corrected chi connectivity index (χ4v) is 3.06. The minimum Gasteiger partial charge on any atom is -0.335 e. The SMILES string of the molecule is CC1CN(S(=O)(=O)c2cnc[nH]2)CCN1.Cl. The number of sulfonamides is 1. The molecule has 0 radical (unpaired) electrons. The number of halogens is 1. The third-order valence-corrected chi connectivity index (χ3v) is 4.21. The molecule has 1 atom stereocenters. The number of nitrogens with one attached hydrogen (secondary N) is 2. The van der Waals surface area contributed by atoms with Gasteiger partial charge in [0, 0.05) is 25.7 Å². The second-order valence-electron chi connectivity index (χ2n) is 3.63. The summed E-state index contributed by atoms with van der Waals surface area (Å²) in [6.07, 6.45) is 2.71. The summed E-state index contributed by atoms with van der Waals surface area (Å²) in [4.78, 5) is 6.35. The molecular weight excluding hydrogens is 252 g/mol. The van der Waals surface area contributed by atoms with Crippen molar-refractivity contribution < 1.29 is 8.42 Å². The lowest BCUT2D eigenvalue weighted by atomic mass is 10.3. The van der Waals surface area contributed by atoms with Crippen LogP contribution in [0.15, 0.2) is 17.6 Å². The number of imidazole rings is 1. The largest absolute Gasteiger partial charge is 0.335 e. The van der Waals surface area contributed by atoms with E-state index in [1.54, 1.807) is 0 Å². The molecule has 1 unspecified atom stereocenters. The molecule has 2 N–H and O–H groups in total. The molecule has 2 heterocycles. The number of aromatic nitrogens is 2. The van der Waals surface area contributed by atoms with Crippen LogP contribution in [0.5, 0.6) is 0 Å². The molecule has 1 fully saturated rings. The van der Waals surface area contributed by atoms with Gasteiger partial charge in [0.05, 0.1) is 12.5 Å². The molecule has 0 bridgehead atoms. The first kappa shape index (κ1) is 13.4. The molecular formula is C8H15ClN4O2S. The van der Waals surface area contributed by atoms with Crippen molar-refractivity contribution in [2.45, 2.75) is 18.0 Å². The summed E-state index contributed by atoms with van der Waals surface area (Å²) in [6.45, 7) is 3.66. The summed E-state index contributed by atoms with van der Waals surface area (Å²) in [5.41, 5.74) is 0. The second kappa shape index (κ2) is 5.13. The summed E-state index contributed by atoms with van der Waals surface area (Å²) in [7, 11) is -3.38. The Morgan fingerprint density at radius 3 is 2.88 bits per heavy atom. The highest BCUT2D eigenvalue weighted by atomic mass is 35.5. The van der Waals surface area contributed by atoms with Gasteiger partial charge < -0.3 is 10.3 Å². The van der Waals surface area contributed by atoms with Crippen molar-refractivity contribution in [3.05, 3.63) is 12.5 Å². The Kier molecular flexibility index (Phi) is 4.31. The van der Waals surface area contributed by atoms with E-state index >= 15 is 0 Å². The fraction of sp³-hybridized carbons (Fsp3) is 0.625. The van der Waals surface area contributed by atoms with Gasteiger partial charge in [0.2, 0.25) is 0 Å². The van der Waals surface area contributed by atoms with Gasteiger partial charge in [0.1, 0.15) is 0 Å². The van der Waals surface area contributed by atoms with Gasteiger partial charge in [-0.25, -0.2) is 13.4 Å². The maximum absolute atomic E-state index is 12.0. The van der Waals surface area contributed by atoms with E-state index in [9.17, 15) is 8.42 Å². The number of piperazine rings is 1. The summed E-state index contributed by atoms with van der Waals surface area (Å²) in [5, 5.41) is 3.36. The van der Waals surface area contributed by atoms with Crippen molar-refractivity contribution in [1.29, 1.82) is 0 Å². The van der Waals surface area contributed by atoms with Crippen LogP contribution in [0.1, 0.15) is 6.92 Å². The van der Waals surface area contributed by atoms with Crippen LogP contribution >= 0.6 is 12.4 Å². The zero-order chi connectivity index (χ0) is 10.9. The van der Waals surface area contributed by atoms with E-state index in [0.717, 1.165) is 0 Å². The molecule has 8 heteroatoms. The average Bonchev–Trinajstić information content (AvgIpc) is 2.71. The van der Waals surface area contributed by atoms with E-state index in [0.29, 0.717) is 19.6 Å². The monoisotopic (exact) mass is 266 g/mol. The zero-order valence-electron chi connectivity index (χ0n) is 8.88. The topological polar surface area (TPSA) is 78.1 Å². The van der Waals surface area contributed by atoms with Crippen LogP contribution < -0.4 is 5.32 Å². The van der Waals surface area contributed by atoms with E-state index < -0.39 is 10.0 Å². The zero-order valence-corrected chi connectivity index (χ0v) is 10.5. The highest BCUT2D eigenvalue weighted by Crippen LogP contribution is 2.13. The van der Waals surface area contributed by atoms with Crippen LogP contribution in [0.2, 0.25) is 0 Å². The molecule has 6 nitrogen and oxygen atoms in total. The first-order valence-corrected chi connectivity index (χ1v) is 6.26. The molecule has 0 aromatic carbocycles. The molecule has 92 valence electrons. The van der Waals surface area contributed by atoms with Crippen LogP contribution in [-0.2, 0) is 10.0 Å².